The first-order valence-electron chi connectivity index (χ1n) is 11.3. The maximum absolute atomic E-state index is 14.1. The van der Waals surface area contributed by atoms with Gasteiger partial charge in [0.2, 0.25) is 0 Å². The van der Waals surface area contributed by atoms with E-state index in [1.165, 1.54) is 43.3 Å². The molecule has 1 aliphatic rings. The fourth-order valence-electron chi connectivity index (χ4n) is 4.70. The van der Waals surface area contributed by atoms with E-state index in [2.05, 4.69) is 5.32 Å². The summed E-state index contributed by atoms with van der Waals surface area (Å²) in [6, 6.07) is 9.51. The van der Waals surface area contributed by atoms with Crippen LogP contribution >= 0.6 is 0 Å². The highest BCUT2D eigenvalue weighted by molar-refractivity contribution is 7.90. The maximum atomic E-state index is 14.1. The zero-order valence-corrected chi connectivity index (χ0v) is 20.8. The van der Waals surface area contributed by atoms with Crippen LogP contribution in [0.1, 0.15) is 31.4 Å². The lowest BCUT2D eigenvalue weighted by atomic mass is 9.76. The first-order chi connectivity index (χ1) is 17.1. The van der Waals surface area contributed by atoms with Crippen LogP contribution in [0.25, 0.3) is 11.1 Å². The number of hydrogen-bond acceptors (Lipinski definition) is 7. The Balaban J connectivity index is 1.86. The lowest BCUT2D eigenvalue weighted by Gasteiger charge is -2.31. The molecule has 2 unspecified atom stereocenters. The van der Waals surface area contributed by atoms with Crippen molar-refractivity contribution in [1.29, 1.82) is 5.26 Å². The Labute approximate surface area is 212 Å². The van der Waals surface area contributed by atoms with E-state index in [0.717, 1.165) is 6.26 Å². The number of ketones is 1. The third kappa shape index (κ3) is 5.84. The van der Waals surface area contributed by atoms with E-state index in [-0.39, 0.29) is 16.9 Å². The van der Waals surface area contributed by atoms with Gasteiger partial charge in [0.15, 0.2) is 15.6 Å². The van der Waals surface area contributed by atoms with Crippen LogP contribution in [0.3, 0.4) is 0 Å². The zero-order valence-electron chi connectivity index (χ0n) is 20.0. The Morgan fingerprint density at radius 1 is 1.19 bits per heavy atom. The Hall–Kier alpha value is -3.27. The molecular weight excluding hydrogens is 511 g/mol. The molecular formula is C25H26F3N3O5S. The summed E-state index contributed by atoms with van der Waals surface area (Å²) in [6.45, 7) is 1.51. The number of carboxylic acids is 1. The standard InChI is InChI=1S/C25H26F3N3O5S/c1-14-11-20(23(34)24(14,30)18(13-29)12-21(32)33)31-22(25(26,27)28)17-5-3-15(4-6-17)16-7-9-19(10-8-16)37(2,35)36/h3-10,14,18,20,22,31H,11-12,30H2,1-2H3,(H,32,33)/t14?,18-,20-,22-,24?/m0/s1. The third-order valence-corrected chi connectivity index (χ3v) is 7.94. The number of nitrogens with two attached hydrogens (primary N) is 1. The molecule has 2 aromatic carbocycles. The summed E-state index contributed by atoms with van der Waals surface area (Å²) in [7, 11) is -3.39. The van der Waals surface area contributed by atoms with Crippen LogP contribution in [-0.4, -0.2) is 49.3 Å². The molecule has 1 fully saturated rings. The van der Waals surface area contributed by atoms with Crippen LogP contribution in [0.5, 0.6) is 0 Å². The van der Waals surface area contributed by atoms with Crippen molar-refractivity contribution in [2.24, 2.45) is 17.6 Å². The number of halogens is 3. The van der Waals surface area contributed by atoms with E-state index < -0.39 is 63.6 Å². The normalized spacial score (nSPS) is 23.9. The van der Waals surface area contributed by atoms with Gasteiger partial charge in [-0.2, -0.15) is 18.4 Å². The molecule has 12 heteroatoms. The van der Waals surface area contributed by atoms with Crippen LogP contribution in [0.2, 0.25) is 0 Å². The zero-order chi connectivity index (χ0) is 27.8. The average molecular weight is 538 g/mol. The molecule has 198 valence electrons. The fourth-order valence-corrected chi connectivity index (χ4v) is 5.33. The molecule has 0 bridgehead atoms. The summed E-state index contributed by atoms with van der Waals surface area (Å²) < 4.78 is 65.4. The van der Waals surface area contributed by atoms with Gasteiger partial charge < -0.3 is 10.8 Å². The molecule has 0 spiro atoms. The first-order valence-corrected chi connectivity index (χ1v) is 13.2. The van der Waals surface area contributed by atoms with E-state index >= 15 is 0 Å². The Morgan fingerprint density at radius 2 is 1.70 bits per heavy atom. The number of nitrogens with zero attached hydrogens (tertiary/aromatic N) is 1. The van der Waals surface area contributed by atoms with Crippen LogP contribution in [0.15, 0.2) is 53.4 Å². The van der Waals surface area contributed by atoms with E-state index in [4.69, 9.17) is 10.8 Å². The topological polar surface area (TPSA) is 150 Å². The number of sulfone groups is 1. The molecule has 0 aliphatic heterocycles. The molecule has 0 heterocycles. The smallest absolute Gasteiger partial charge is 0.407 e. The number of nitriles is 1. The van der Waals surface area contributed by atoms with Crippen molar-refractivity contribution in [3.8, 4) is 17.2 Å². The second-order valence-corrected chi connectivity index (χ2v) is 11.3. The van der Waals surface area contributed by atoms with Crippen molar-refractivity contribution >= 4 is 21.6 Å². The number of Topliss-reactive ketones (excluding diaryl/α,β-unsaturated/α-hetero) is 1. The van der Waals surface area contributed by atoms with Gasteiger partial charge in [-0.15, -0.1) is 0 Å². The predicted octanol–water partition coefficient (Wildman–Crippen LogP) is 3.24. The van der Waals surface area contributed by atoms with Gasteiger partial charge in [0.1, 0.15) is 6.04 Å². The largest absolute Gasteiger partial charge is 0.481 e. The van der Waals surface area contributed by atoms with E-state index in [0.29, 0.717) is 11.1 Å². The molecule has 1 saturated carbocycles. The number of hydrogen-bond donors (Lipinski definition) is 3. The highest BCUT2D eigenvalue weighted by atomic mass is 32.2. The number of alkyl halides is 3. The highest BCUT2D eigenvalue weighted by Gasteiger charge is 2.57. The summed E-state index contributed by atoms with van der Waals surface area (Å²) in [5.74, 6) is -4.29. The van der Waals surface area contributed by atoms with Crippen molar-refractivity contribution < 1.29 is 36.3 Å². The Morgan fingerprint density at radius 3 is 2.14 bits per heavy atom. The second-order valence-electron chi connectivity index (χ2n) is 9.33. The summed E-state index contributed by atoms with van der Waals surface area (Å²) in [5.41, 5.74) is 5.28. The van der Waals surface area contributed by atoms with Gasteiger partial charge in [-0.05, 0) is 41.2 Å². The summed E-state index contributed by atoms with van der Waals surface area (Å²) >= 11 is 0. The van der Waals surface area contributed by atoms with Crippen LogP contribution in [0.4, 0.5) is 13.2 Å². The summed E-state index contributed by atoms with van der Waals surface area (Å²) in [4.78, 5) is 24.4. The van der Waals surface area contributed by atoms with Crippen LogP contribution < -0.4 is 11.1 Å². The molecule has 0 amide bonds. The van der Waals surface area contributed by atoms with Crippen molar-refractivity contribution in [2.75, 3.05) is 6.26 Å². The maximum Gasteiger partial charge on any atom is 0.407 e. The van der Waals surface area contributed by atoms with Gasteiger partial charge >= 0.3 is 12.1 Å². The number of rotatable bonds is 8. The van der Waals surface area contributed by atoms with Crippen LogP contribution in [-0.2, 0) is 19.4 Å². The SMILES string of the molecule is CC1C[C@H](N[C@@H](c2ccc(-c3ccc(S(C)(=O)=O)cc3)cc2)C(F)(F)F)C(=O)C1(N)[C@H](C#N)CC(=O)O. The van der Waals surface area contributed by atoms with Crippen molar-refractivity contribution in [3.63, 3.8) is 0 Å². The molecule has 1 aliphatic carbocycles. The Kier molecular flexibility index (Phi) is 7.83. The molecule has 0 saturated heterocycles. The minimum absolute atomic E-state index is 0.0928. The molecule has 4 N–H and O–H groups in total. The monoisotopic (exact) mass is 537 g/mol. The number of aliphatic carboxylic acids is 1. The van der Waals surface area contributed by atoms with E-state index in [1.807, 2.05) is 0 Å². The second kappa shape index (κ2) is 10.2. The first kappa shape index (κ1) is 28.3. The third-order valence-electron chi connectivity index (χ3n) is 6.81. The predicted molar refractivity (Wildman–Crippen MR) is 128 cm³/mol. The average Bonchev–Trinajstić information content (AvgIpc) is 3.03. The summed E-state index contributed by atoms with van der Waals surface area (Å²) in [5, 5.41) is 20.8. The number of carboxylic acid groups (broad SMARTS) is 1. The molecule has 5 atom stereocenters. The minimum Gasteiger partial charge on any atom is -0.481 e. The quantitative estimate of drug-likeness (QED) is 0.464. The highest BCUT2D eigenvalue weighted by Crippen LogP contribution is 2.41. The van der Waals surface area contributed by atoms with Gasteiger partial charge in [-0.1, -0.05) is 43.3 Å². The lowest BCUT2D eigenvalue weighted by molar-refractivity contribution is -0.160. The molecule has 3 rings (SSSR count). The Bertz CT molecular complexity index is 1320. The van der Waals surface area contributed by atoms with Gasteiger partial charge in [0, 0.05) is 6.26 Å². The molecule has 2 aromatic rings. The number of carbonyl (C=O) groups is 2. The van der Waals surface area contributed by atoms with E-state index in [1.54, 1.807) is 18.2 Å². The van der Waals surface area contributed by atoms with Gasteiger partial charge in [-0.3, -0.25) is 14.9 Å². The van der Waals surface area contributed by atoms with Gasteiger partial charge in [-0.25, -0.2) is 8.42 Å². The fraction of sp³-hybridized carbons (Fsp3) is 0.400. The molecule has 8 nitrogen and oxygen atoms in total. The molecule has 37 heavy (non-hydrogen) atoms. The summed E-state index contributed by atoms with van der Waals surface area (Å²) in [6.07, 6.45) is -4.51. The van der Waals surface area contributed by atoms with Gasteiger partial charge in [0.05, 0.1) is 34.9 Å². The number of nitrogens with one attached hydrogen (secondary N) is 1. The molecule has 0 aromatic heterocycles. The van der Waals surface area contributed by atoms with E-state index in [9.17, 15) is 36.4 Å². The van der Waals surface area contributed by atoms with Gasteiger partial charge in [0.25, 0.3) is 0 Å². The number of carbonyl (C=O) groups excluding carboxylic acids is 1. The number of benzene rings is 2. The molecule has 0 radical (unpaired) electrons. The van der Waals surface area contributed by atoms with Crippen molar-refractivity contribution in [3.05, 3.63) is 54.1 Å². The van der Waals surface area contributed by atoms with Crippen molar-refractivity contribution in [1.82, 2.24) is 5.32 Å². The minimum atomic E-state index is -4.78. The van der Waals surface area contributed by atoms with Crippen molar-refractivity contribution in [2.45, 2.75) is 48.5 Å². The van der Waals surface area contributed by atoms with Crippen LogP contribution in [0, 0.1) is 23.2 Å². The lowest BCUT2D eigenvalue weighted by Crippen LogP contribution is -2.58.